The molecular formula is C22H29N5O3. The van der Waals surface area contributed by atoms with E-state index in [9.17, 15) is 0 Å². The van der Waals surface area contributed by atoms with Gasteiger partial charge in [0.05, 0.1) is 36.8 Å². The van der Waals surface area contributed by atoms with E-state index in [1.807, 2.05) is 18.2 Å². The molecular weight excluding hydrogens is 382 g/mol. The van der Waals surface area contributed by atoms with Crippen molar-refractivity contribution in [3.05, 3.63) is 41.9 Å². The van der Waals surface area contributed by atoms with Crippen LogP contribution in [-0.4, -0.2) is 59.8 Å². The van der Waals surface area contributed by atoms with Crippen molar-refractivity contribution in [1.82, 2.24) is 9.97 Å². The monoisotopic (exact) mass is 411 g/mol. The zero-order valence-electron chi connectivity index (χ0n) is 17.7. The minimum atomic E-state index is -0.290. The molecule has 0 saturated carbocycles. The fraction of sp³-hybridized carbons (Fsp3) is 0.500. The van der Waals surface area contributed by atoms with E-state index in [4.69, 9.17) is 25.4 Å². The van der Waals surface area contributed by atoms with Crippen LogP contribution < -0.4 is 15.4 Å². The van der Waals surface area contributed by atoms with Crippen LogP contribution in [0.1, 0.15) is 38.4 Å². The first-order valence-electron chi connectivity index (χ1n) is 10.4. The Bertz CT molecular complexity index is 915. The van der Waals surface area contributed by atoms with Crippen LogP contribution >= 0.6 is 0 Å². The van der Waals surface area contributed by atoms with Crippen LogP contribution in [0.5, 0.6) is 5.75 Å². The molecule has 2 fully saturated rings. The summed E-state index contributed by atoms with van der Waals surface area (Å²) in [6.45, 7) is 8.84. The van der Waals surface area contributed by atoms with Crippen LogP contribution in [-0.2, 0) is 9.47 Å². The predicted octanol–water partition coefficient (Wildman–Crippen LogP) is 2.65. The maximum absolute atomic E-state index is 8.74. The average Bonchev–Trinajstić information content (AvgIpc) is 2.71. The van der Waals surface area contributed by atoms with Gasteiger partial charge < -0.3 is 24.8 Å². The number of rotatable bonds is 6. The third-order valence-electron chi connectivity index (χ3n) is 5.66. The zero-order chi connectivity index (χ0) is 21.3. The molecule has 2 saturated heterocycles. The molecule has 1 aromatic heterocycles. The lowest BCUT2D eigenvalue weighted by atomic mass is 9.98. The van der Waals surface area contributed by atoms with Crippen molar-refractivity contribution in [2.24, 2.45) is 0 Å². The number of nitrogen functional groups attached to an aromatic ring is 1. The molecule has 0 radical (unpaired) electrons. The number of ether oxygens (including phenoxy) is 3. The van der Waals surface area contributed by atoms with Gasteiger partial charge in [0.2, 0.25) is 0 Å². The van der Waals surface area contributed by atoms with E-state index in [1.165, 1.54) is 6.33 Å². The quantitative estimate of drug-likeness (QED) is 0.556. The molecule has 2 aliphatic heterocycles. The van der Waals surface area contributed by atoms with Crippen molar-refractivity contribution in [2.75, 3.05) is 36.9 Å². The normalized spacial score (nSPS) is 23.0. The number of benzene rings is 1. The maximum Gasteiger partial charge on any atom is 0.155 e. The van der Waals surface area contributed by atoms with Gasteiger partial charge in [-0.15, -0.1) is 0 Å². The number of aromatic nitrogens is 2. The highest BCUT2D eigenvalue weighted by atomic mass is 16.6. The second-order valence-electron chi connectivity index (χ2n) is 8.18. The van der Waals surface area contributed by atoms with Crippen molar-refractivity contribution in [2.45, 2.75) is 45.0 Å². The van der Waals surface area contributed by atoms with Gasteiger partial charge in [0.25, 0.3) is 0 Å². The molecule has 0 aliphatic carbocycles. The number of hydrogen-bond acceptors (Lipinski definition) is 8. The van der Waals surface area contributed by atoms with Crippen LogP contribution in [0, 0.1) is 5.41 Å². The van der Waals surface area contributed by atoms with Crippen LogP contribution in [0.2, 0.25) is 0 Å². The van der Waals surface area contributed by atoms with Gasteiger partial charge in [-0.3, -0.25) is 5.41 Å². The molecule has 2 aliphatic rings. The summed E-state index contributed by atoms with van der Waals surface area (Å²) in [5.41, 5.74) is 7.77. The van der Waals surface area contributed by atoms with Gasteiger partial charge >= 0.3 is 0 Å². The van der Waals surface area contributed by atoms with E-state index in [-0.39, 0.29) is 23.5 Å². The lowest BCUT2D eigenvalue weighted by molar-refractivity contribution is -0.162. The second-order valence-corrected chi connectivity index (χ2v) is 8.18. The highest BCUT2D eigenvalue weighted by molar-refractivity contribution is 6.13. The minimum Gasteiger partial charge on any atom is -0.482 e. The smallest absolute Gasteiger partial charge is 0.155 e. The van der Waals surface area contributed by atoms with Gasteiger partial charge in [0.15, 0.2) is 5.60 Å². The van der Waals surface area contributed by atoms with E-state index in [0.29, 0.717) is 35.9 Å². The molecule has 160 valence electrons. The van der Waals surface area contributed by atoms with E-state index in [0.717, 1.165) is 25.3 Å². The minimum absolute atomic E-state index is 0.123. The summed E-state index contributed by atoms with van der Waals surface area (Å²) < 4.78 is 17.3. The van der Waals surface area contributed by atoms with Crippen molar-refractivity contribution in [3.63, 3.8) is 0 Å². The van der Waals surface area contributed by atoms with Crippen molar-refractivity contribution in [3.8, 4) is 5.75 Å². The summed E-state index contributed by atoms with van der Waals surface area (Å²) in [6, 6.07) is 7.26. The van der Waals surface area contributed by atoms with E-state index < -0.39 is 0 Å². The van der Waals surface area contributed by atoms with Crippen LogP contribution in [0.3, 0.4) is 0 Å². The molecule has 0 spiro atoms. The first-order valence-corrected chi connectivity index (χ1v) is 10.4. The number of nitrogens with zero attached hydrogens (tertiary/aromatic N) is 3. The third kappa shape index (κ3) is 4.11. The molecule has 8 heteroatoms. The Balaban J connectivity index is 1.58. The SMILES string of the molecule is CCC1(Oc2ccc(N)c(C(=N)c3cc(N4C[C@@H](C)O[C@@H](C)C4)ncn3)c2)COC1. The highest BCUT2D eigenvalue weighted by Gasteiger charge is 2.39. The Morgan fingerprint density at radius 1 is 1.23 bits per heavy atom. The molecule has 3 heterocycles. The number of nitrogens with two attached hydrogens (primary N) is 1. The highest BCUT2D eigenvalue weighted by Crippen LogP contribution is 2.31. The van der Waals surface area contributed by atoms with Gasteiger partial charge in [-0.2, -0.15) is 0 Å². The molecule has 30 heavy (non-hydrogen) atoms. The van der Waals surface area contributed by atoms with Crippen LogP contribution in [0.25, 0.3) is 0 Å². The van der Waals surface area contributed by atoms with Crippen LogP contribution in [0.15, 0.2) is 30.6 Å². The van der Waals surface area contributed by atoms with E-state index in [1.54, 1.807) is 6.07 Å². The summed E-state index contributed by atoms with van der Waals surface area (Å²) in [4.78, 5) is 10.9. The van der Waals surface area contributed by atoms with Gasteiger partial charge in [-0.05, 0) is 38.5 Å². The zero-order valence-corrected chi connectivity index (χ0v) is 17.7. The Hall–Kier alpha value is -2.71. The standard InChI is InChI=1S/C22H29N5O3/c1-4-22(11-28-12-22)30-16-5-6-18(23)17(7-16)21(24)19-8-20(26-13-25-19)27-9-14(2)29-15(3)10-27/h5-8,13-15,24H,4,9-12,23H2,1-3H3/t14-,15+. The number of anilines is 2. The molecule has 3 N–H and O–H groups in total. The van der Waals surface area contributed by atoms with Crippen molar-refractivity contribution < 1.29 is 14.2 Å². The van der Waals surface area contributed by atoms with Crippen LogP contribution in [0.4, 0.5) is 11.5 Å². The van der Waals surface area contributed by atoms with Crippen molar-refractivity contribution >= 4 is 17.2 Å². The Morgan fingerprint density at radius 3 is 2.60 bits per heavy atom. The van der Waals surface area contributed by atoms with E-state index >= 15 is 0 Å². The molecule has 0 unspecified atom stereocenters. The molecule has 4 rings (SSSR count). The number of nitrogens with one attached hydrogen (secondary N) is 1. The van der Waals surface area contributed by atoms with Gasteiger partial charge in [0, 0.05) is 30.4 Å². The summed E-state index contributed by atoms with van der Waals surface area (Å²) in [7, 11) is 0. The molecule has 0 bridgehead atoms. The lowest BCUT2D eigenvalue weighted by Gasteiger charge is -2.40. The number of hydrogen-bond donors (Lipinski definition) is 2. The Labute approximate surface area is 176 Å². The van der Waals surface area contributed by atoms with Gasteiger partial charge in [-0.1, -0.05) is 6.92 Å². The maximum atomic E-state index is 8.74. The molecule has 2 aromatic rings. The summed E-state index contributed by atoms with van der Waals surface area (Å²) in [5.74, 6) is 1.47. The fourth-order valence-corrected chi connectivity index (χ4v) is 3.89. The lowest BCUT2D eigenvalue weighted by Crippen LogP contribution is -2.53. The largest absolute Gasteiger partial charge is 0.482 e. The topological polar surface area (TPSA) is 107 Å². The van der Waals surface area contributed by atoms with Gasteiger partial charge in [0.1, 0.15) is 17.9 Å². The second kappa shape index (κ2) is 8.20. The molecule has 0 amide bonds. The first kappa shape index (κ1) is 20.6. The third-order valence-corrected chi connectivity index (χ3v) is 5.66. The summed E-state index contributed by atoms with van der Waals surface area (Å²) in [6.07, 6.45) is 2.60. The van der Waals surface area contributed by atoms with Crippen molar-refractivity contribution in [1.29, 1.82) is 5.41 Å². The Kier molecular flexibility index (Phi) is 5.62. The summed E-state index contributed by atoms with van der Waals surface area (Å²) in [5, 5.41) is 8.74. The predicted molar refractivity (Wildman–Crippen MR) is 116 cm³/mol. The van der Waals surface area contributed by atoms with E-state index in [2.05, 4.69) is 35.6 Å². The number of morpholine rings is 1. The Morgan fingerprint density at radius 2 is 1.97 bits per heavy atom. The first-order chi connectivity index (χ1) is 14.4. The fourth-order valence-electron chi connectivity index (χ4n) is 3.89. The average molecular weight is 412 g/mol. The molecule has 8 nitrogen and oxygen atoms in total. The van der Waals surface area contributed by atoms with Gasteiger partial charge in [-0.25, -0.2) is 9.97 Å². The molecule has 2 atom stereocenters. The summed E-state index contributed by atoms with van der Waals surface area (Å²) >= 11 is 0. The molecule has 1 aromatic carbocycles.